The Kier molecular flexibility index (Phi) is 3.69. The molecule has 6 heteroatoms. The Morgan fingerprint density at radius 1 is 1.33 bits per heavy atom. The van der Waals surface area contributed by atoms with E-state index < -0.39 is 0 Å². The summed E-state index contributed by atoms with van der Waals surface area (Å²) in [4.78, 5) is 8.14. The molecule has 0 bridgehead atoms. The smallest absolute Gasteiger partial charge is 0.192 e. The zero-order chi connectivity index (χ0) is 12.7. The van der Waals surface area contributed by atoms with Crippen LogP contribution in [-0.2, 0) is 0 Å². The summed E-state index contributed by atoms with van der Waals surface area (Å²) in [5.74, 6) is 0.729. The molecule has 1 fully saturated rings. The van der Waals surface area contributed by atoms with Crippen LogP contribution in [0.15, 0.2) is 19.3 Å². The summed E-state index contributed by atoms with van der Waals surface area (Å²) in [6.45, 7) is 0.793. The molecule has 1 aromatic rings. The van der Waals surface area contributed by atoms with Gasteiger partial charge in [-0.15, -0.1) is 11.3 Å². The fourth-order valence-electron chi connectivity index (χ4n) is 2.89. The number of nitrogens with two attached hydrogens (primary N) is 1. The Hall–Kier alpha value is -0.0700. The first-order chi connectivity index (χ1) is 8.66. The number of hydrogen-bond donors (Lipinski definition) is 1. The summed E-state index contributed by atoms with van der Waals surface area (Å²) in [6, 6.07) is 3.11. The molecular weight excluding hydrogens is 378 g/mol. The van der Waals surface area contributed by atoms with Crippen molar-refractivity contribution in [2.75, 3.05) is 6.54 Å². The highest BCUT2D eigenvalue weighted by molar-refractivity contribution is 9.13. The summed E-state index contributed by atoms with van der Waals surface area (Å²) < 4.78 is 2.27. The van der Waals surface area contributed by atoms with Gasteiger partial charge in [0.25, 0.3) is 0 Å². The summed E-state index contributed by atoms with van der Waals surface area (Å²) in [5, 5.41) is 0. The van der Waals surface area contributed by atoms with E-state index in [0.717, 1.165) is 20.8 Å². The average molecular weight is 393 g/mol. The van der Waals surface area contributed by atoms with Crippen molar-refractivity contribution in [3.05, 3.63) is 19.2 Å². The van der Waals surface area contributed by atoms with E-state index in [9.17, 15) is 0 Å². The lowest BCUT2D eigenvalue weighted by atomic mass is 10.1. The lowest BCUT2D eigenvalue weighted by molar-refractivity contribution is 0.265. The minimum Gasteiger partial charge on any atom is -0.370 e. The minimum atomic E-state index is 0.334. The molecule has 1 aliphatic carbocycles. The third-order valence-electron chi connectivity index (χ3n) is 3.74. The maximum atomic E-state index is 6.09. The number of aliphatic imine (C=N–C) groups is 1. The molecule has 2 heterocycles. The number of hydrogen-bond acceptors (Lipinski definition) is 4. The Balaban J connectivity index is 1.87. The van der Waals surface area contributed by atoms with Crippen molar-refractivity contribution in [3.8, 4) is 0 Å². The topological polar surface area (TPSA) is 41.6 Å². The van der Waals surface area contributed by atoms with Crippen molar-refractivity contribution in [1.29, 1.82) is 0 Å². The molecule has 98 valence electrons. The molecule has 2 aliphatic rings. The van der Waals surface area contributed by atoms with Crippen molar-refractivity contribution in [2.24, 2.45) is 10.7 Å². The van der Waals surface area contributed by atoms with Gasteiger partial charge in [0.1, 0.15) is 0 Å². The van der Waals surface area contributed by atoms with Gasteiger partial charge in [-0.3, -0.25) is 4.99 Å². The normalized spacial score (nSPS) is 24.9. The predicted octanol–water partition coefficient (Wildman–Crippen LogP) is 3.89. The van der Waals surface area contributed by atoms with Gasteiger partial charge in [0, 0.05) is 15.4 Å². The standard InChI is InChI=1S/C12H15Br2N3S/c13-8-5-10(18-11(8)14)9-6-16-12(15)17(9)7-3-1-2-4-7/h5,7,9H,1-4,6H2,(H2,15,16). The van der Waals surface area contributed by atoms with E-state index in [1.807, 2.05) is 0 Å². The maximum absolute atomic E-state index is 6.09. The van der Waals surface area contributed by atoms with Crippen molar-refractivity contribution in [1.82, 2.24) is 4.90 Å². The molecule has 0 aromatic carbocycles. The van der Waals surface area contributed by atoms with Crippen molar-refractivity contribution < 1.29 is 0 Å². The van der Waals surface area contributed by atoms with Crippen LogP contribution in [0.2, 0.25) is 0 Å². The van der Waals surface area contributed by atoms with Crippen LogP contribution < -0.4 is 5.73 Å². The first kappa shape index (κ1) is 12.9. The molecule has 1 aliphatic heterocycles. The fraction of sp³-hybridized carbons (Fsp3) is 0.583. The molecule has 1 saturated carbocycles. The van der Waals surface area contributed by atoms with Gasteiger partial charge >= 0.3 is 0 Å². The van der Waals surface area contributed by atoms with Crippen molar-refractivity contribution >= 4 is 49.2 Å². The van der Waals surface area contributed by atoms with Gasteiger partial charge in [-0.05, 0) is 50.8 Å². The van der Waals surface area contributed by atoms with E-state index in [1.54, 1.807) is 11.3 Å². The molecule has 1 aromatic heterocycles. The van der Waals surface area contributed by atoms with E-state index in [0.29, 0.717) is 12.1 Å². The number of guanidine groups is 1. The maximum Gasteiger partial charge on any atom is 0.192 e. The summed E-state index contributed by atoms with van der Waals surface area (Å²) in [6.07, 6.45) is 5.14. The molecule has 0 spiro atoms. The van der Waals surface area contributed by atoms with E-state index in [2.05, 4.69) is 47.8 Å². The van der Waals surface area contributed by atoms with E-state index in [-0.39, 0.29) is 0 Å². The second-order valence-corrected chi connectivity index (χ2v) is 8.09. The average Bonchev–Trinajstić information content (AvgIpc) is 3.01. The second kappa shape index (κ2) is 5.13. The zero-order valence-corrected chi connectivity index (χ0v) is 13.9. The first-order valence-corrected chi connectivity index (χ1v) is 8.60. The van der Waals surface area contributed by atoms with Crippen LogP contribution in [-0.4, -0.2) is 23.4 Å². The van der Waals surface area contributed by atoms with Crippen molar-refractivity contribution in [2.45, 2.75) is 37.8 Å². The number of nitrogens with zero attached hydrogens (tertiary/aromatic N) is 2. The quantitative estimate of drug-likeness (QED) is 0.829. The zero-order valence-electron chi connectivity index (χ0n) is 9.90. The Bertz CT molecular complexity index is 460. The second-order valence-electron chi connectivity index (χ2n) is 4.83. The van der Waals surface area contributed by atoms with Gasteiger partial charge < -0.3 is 10.6 Å². The molecule has 0 radical (unpaired) electrons. The molecular formula is C12H15Br2N3S. The molecule has 3 rings (SSSR count). The van der Waals surface area contributed by atoms with Gasteiger partial charge in [-0.1, -0.05) is 12.8 Å². The number of thiophene rings is 1. The molecule has 2 N–H and O–H groups in total. The Morgan fingerprint density at radius 2 is 2.06 bits per heavy atom. The molecule has 0 amide bonds. The third kappa shape index (κ3) is 2.23. The number of halogens is 2. The highest BCUT2D eigenvalue weighted by atomic mass is 79.9. The molecule has 18 heavy (non-hydrogen) atoms. The van der Waals surface area contributed by atoms with Crippen LogP contribution in [0.4, 0.5) is 0 Å². The summed E-state index contributed by atoms with van der Waals surface area (Å²) in [5.41, 5.74) is 6.09. The Morgan fingerprint density at radius 3 is 2.67 bits per heavy atom. The predicted molar refractivity (Wildman–Crippen MR) is 83.0 cm³/mol. The first-order valence-electron chi connectivity index (χ1n) is 6.20. The molecule has 0 saturated heterocycles. The summed E-state index contributed by atoms with van der Waals surface area (Å²) in [7, 11) is 0. The monoisotopic (exact) mass is 391 g/mol. The lowest BCUT2D eigenvalue weighted by Gasteiger charge is -2.31. The highest BCUT2D eigenvalue weighted by Crippen LogP contribution is 2.41. The van der Waals surface area contributed by atoms with Crippen LogP contribution in [0.3, 0.4) is 0 Å². The van der Waals surface area contributed by atoms with Crippen LogP contribution in [0.5, 0.6) is 0 Å². The SMILES string of the molecule is NC1=NCC(c2cc(Br)c(Br)s2)N1C1CCCC1. The largest absolute Gasteiger partial charge is 0.370 e. The van der Waals surface area contributed by atoms with E-state index in [1.165, 1.54) is 30.6 Å². The number of rotatable bonds is 2. The van der Waals surface area contributed by atoms with Gasteiger partial charge in [0.15, 0.2) is 5.96 Å². The Labute approximate surface area is 128 Å². The van der Waals surface area contributed by atoms with Gasteiger partial charge in [0.05, 0.1) is 16.4 Å². The molecule has 1 atom stereocenters. The van der Waals surface area contributed by atoms with E-state index in [4.69, 9.17) is 5.73 Å². The molecule has 3 nitrogen and oxygen atoms in total. The third-order valence-corrected chi connectivity index (χ3v) is 7.09. The lowest BCUT2D eigenvalue weighted by Crippen LogP contribution is -2.42. The minimum absolute atomic E-state index is 0.334. The van der Waals surface area contributed by atoms with Crippen LogP contribution >= 0.6 is 43.2 Å². The summed E-state index contributed by atoms with van der Waals surface area (Å²) >= 11 is 8.90. The van der Waals surface area contributed by atoms with E-state index >= 15 is 0 Å². The van der Waals surface area contributed by atoms with Crippen LogP contribution in [0, 0.1) is 0 Å². The van der Waals surface area contributed by atoms with Crippen LogP contribution in [0.1, 0.15) is 36.6 Å². The fourth-order valence-corrected chi connectivity index (χ4v) is 5.07. The van der Waals surface area contributed by atoms with Crippen molar-refractivity contribution in [3.63, 3.8) is 0 Å². The van der Waals surface area contributed by atoms with Crippen LogP contribution in [0.25, 0.3) is 0 Å². The highest BCUT2D eigenvalue weighted by Gasteiger charge is 2.35. The molecule has 1 unspecified atom stereocenters. The van der Waals surface area contributed by atoms with Gasteiger partial charge in [-0.2, -0.15) is 0 Å². The van der Waals surface area contributed by atoms with Gasteiger partial charge in [-0.25, -0.2) is 0 Å². The van der Waals surface area contributed by atoms with Gasteiger partial charge in [0.2, 0.25) is 0 Å².